The third-order valence-electron chi connectivity index (χ3n) is 4.71. The van der Waals surface area contributed by atoms with E-state index in [-0.39, 0.29) is 12.5 Å². The maximum absolute atomic E-state index is 12.8. The van der Waals surface area contributed by atoms with Crippen LogP contribution in [0.2, 0.25) is 0 Å². The van der Waals surface area contributed by atoms with Crippen molar-refractivity contribution in [1.29, 1.82) is 10.5 Å². The average Bonchev–Trinajstić information content (AvgIpc) is 2.78. The van der Waals surface area contributed by atoms with Gasteiger partial charge in [0, 0.05) is 29.6 Å². The highest BCUT2D eigenvalue weighted by Crippen LogP contribution is 2.32. The minimum absolute atomic E-state index is 0.185. The third kappa shape index (κ3) is 4.35. The number of aryl methyl sites for hydroxylation is 1. The van der Waals surface area contributed by atoms with Crippen molar-refractivity contribution >= 4 is 5.91 Å². The smallest absolute Gasteiger partial charge is 0.251 e. The van der Waals surface area contributed by atoms with Gasteiger partial charge in [0.15, 0.2) is 0 Å². The first-order chi connectivity index (χ1) is 14.5. The van der Waals surface area contributed by atoms with Gasteiger partial charge in [-0.3, -0.25) is 9.78 Å². The van der Waals surface area contributed by atoms with Gasteiger partial charge < -0.3 is 10.4 Å². The summed E-state index contributed by atoms with van der Waals surface area (Å²) in [5, 5.41) is 31.1. The maximum atomic E-state index is 12.8. The van der Waals surface area contributed by atoms with Crippen LogP contribution in [0.1, 0.15) is 34.0 Å². The molecule has 0 aliphatic rings. The molecule has 2 N–H and O–H groups in total. The van der Waals surface area contributed by atoms with Crippen LogP contribution >= 0.6 is 0 Å². The molecule has 0 fully saturated rings. The van der Waals surface area contributed by atoms with E-state index in [1.54, 1.807) is 37.4 Å². The van der Waals surface area contributed by atoms with Crippen molar-refractivity contribution in [3.8, 4) is 34.4 Å². The lowest BCUT2D eigenvalue weighted by atomic mass is 9.92. The monoisotopic (exact) mass is 396 g/mol. The lowest BCUT2D eigenvalue weighted by Gasteiger charge is -2.15. The molecule has 3 rings (SSSR count). The number of pyridine rings is 1. The molecule has 1 aromatic heterocycles. The zero-order chi connectivity index (χ0) is 21.7. The summed E-state index contributed by atoms with van der Waals surface area (Å²) in [4.78, 5) is 16.9. The summed E-state index contributed by atoms with van der Waals surface area (Å²) in [6.45, 7) is 3.42. The van der Waals surface area contributed by atoms with Crippen LogP contribution in [-0.4, -0.2) is 28.6 Å². The molecule has 1 heterocycles. The number of aliphatic hydroxyl groups is 1. The van der Waals surface area contributed by atoms with Crippen LogP contribution in [0, 0.1) is 29.6 Å². The molecule has 0 saturated heterocycles. The molecular formula is C24H20N4O2. The summed E-state index contributed by atoms with van der Waals surface area (Å²) in [5.41, 5.74) is 4.85. The number of benzene rings is 2. The number of carbonyl (C=O) groups is 1. The molecule has 0 bridgehead atoms. The number of carbonyl (C=O) groups excluding carboxylic acids is 1. The molecule has 3 aromatic rings. The molecular weight excluding hydrogens is 376 g/mol. The zero-order valence-electron chi connectivity index (χ0n) is 16.7. The summed E-state index contributed by atoms with van der Waals surface area (Å²) < 4.78 is 0. The molecule has 0 saturated carbocycles. The van der Waals surface area contributed by atoms with Gasteiger partial charge in [-0.1, -0.05) is 12.1 Å². The second-order valence-electron chi connectivity index (χ2n) is 7.05. The molecule has 6 heteroatoms. The van der Waals surface area contributed by atoms with Crippen LogP contribution in [0.15, 0.2) is 54.9 Å². The van der Waals surface area contributed by atoms with Crippen molar-refractivity contribution in [2.75, 3.05) is 6.61 Å². The van der Waals surface area contributed by atoms with Gasteiger partial charge in [-0.2, -0.15) is 10.5 Å². The van der Waals surface area contributed by atoms with Crippen molar-refractivity contribution in [1.82, 2.24) is 10.3 Å². The summed E-state index contributed by atoms with van der Waals surface area (Å²) in [6.07, 6.45) is 3.12. The summed E-state index contributed by atoms with van der Waals surface area (Å²) in [5.74, 6) is -0.354. The summed E-state index contributed by atoms with van der Waals surface area (Å²) in [7, 11) is 0. The molecule has 0 aliphatic carbocycles. The van der Waals surface area contributed by atoms with Gasteiger partial charge in [0.2, 0.25) is 0 Å². The number of rotatable bonds is 5. The maximum Gasteiger partial charge on any atom is 0.251 e. The normalized spacial score (nSPS) is 11.2. The Kier molecular flexibility index (Phi) is 6.22. The Morgan fingerprint density at radius 2 is 1.77 bits per heavy atom. The van der Waals surface area contributed by atoms with E-state index in [1.165, 1.54) is 6.20 Å². The predicted octanol–water partition coefficient (Wildman–Crippen LogP) is 3.58. The van der Waals surface area contributed by atoms with Gasteiger partial charge >= 0.3 is 0 Å². The fourth-order valence-corrected chi connectivity index (χ4v) is 3.15. The quantitative estimate of drug-likeness (QED) is 0.685. The number of aliphatic hydroxyl groups excluding tert-OH is 1. The minimum Gasteiger partial charge on any atom is -0.394 e. The Balaban J connectivity index is 2.23. The van der Waals surface area contributed by atoms with Gasteiger partial charge in [0.05, 0.1) is 29.9 Å². The van der Waals surface area contributed by atoms with Crippen molar-refractivity contribution in [3.05, 3.63) is 77.1 Å². The number of aromatic nitrogens is 1. The Labute approximate surface area is 175 Å². The molecule has 2 aromatic carbocycles. The Hall–Kier alpha value is -4.00. The number of hydrogen-bond donors (Lipinski definition) is 2. The Bertz CT molecular complexity index is 1190. The van der Waals surface area contributed by atoms with Crippen molar-refractivity contribution < 1.29 is 9.90 Å². The highest BCUT2D eigenvalue weighted by molar-refractivity contribution is 5.98. The van der Waals surface area contributed by atoms with Crippen LogP contribution in [0.5, 0.6) is 0 Å². The summed E-state index contributed by atoms with van der Waals surface area (Å²) in [6, 6.07) is 16.3. The van der Waals surface area contributed by atoms with E-state index in [0.717, 1.165) is 5.56 Å². The molecule has 0 spiro atoms. The molecule has 1 amide bonds. The number of amides is 1. The fraction of sp³-hybridized carbons (Fsp3) is 0.167. The van der Waals surface area contributed by atoms with E-state index in [0.29, 0.717) is 38.9 Å². The van der Waals surface area contributed by atoms with Gasteiger partial charge in [0.1, 0.15) is 0 Å². The van der Waals surface area contributed by atoms with E-state index < -0.39 is 6.04 Å². The van der Waals surface area contributed by atoms with Gasteiger partial charge in [-0.15, -0.1) is 0 Å². The van der Waals surface area contributed by atoms with E-state index in [4.69, 9.17) is 0 Å². The van der Waals surface area contributed by atoms with Crippen LogP contribution < -0.4 is 5.32 Å². The zero-order valence-corrected chi connectivity index (χ0v) is 16.7. The van der Waals surface area contributed by atoms with E-state index in [1.807, 2.05) is 25.1 Å². The van der Waals surface area contributed by atoms with Crippen molar-refractivity contribution in [2.45, 2.75) is 19.9 Å². The minimum atomic E-state index is -0.410. The molecule has 148 valence electrons. The van der Waals surface area contributed by atoms with Crippen molar-refractivity contribution in [2.24, 2.45) is 0 Å². The first-order valence-electron chi connectivity index (χ1n) is 9.39. The van der Waals surface area contributed by atoms with Crippen LogP contribution in [0.4, 0.5) is 0 Å². The highest BCUT2D eigenvalue weighted by atomic mass is 16.3. The summed E-state index contributed by atoms with van der Waals surface area (Å²) >= 11 is 0. The average molecular weight is 396 g/mol. The van der Waals surface area contributed by atoms with Gasteiger partial charge in [-0.05, 0) is 66.4 Å². The predicted molar refractivity (Wildman–Crippen MR) is 113 cm³/mol. The lowest BCUT2D eigenvalue weighted by Crippen LogP contribution is -2.35. The first-order valence-corrected chi connectivity index (χ1v) is 9.39. The van der Waals surface area contributed by atoms with Crippen molar-refractivity contribution in [3.63, 3.8) is 0 Å². The molecule has 0 aliphatic heterocycles. The van der Waals surface area contributed by atoms with Crippen LogP contribution in [0.25, 0.3) is 22.3 Å². The van der Waals surface area contributed by atoms with E-state index in [9.17, 15) is 20.4 Å². The van der Waals surface area contributed by atoms with Gasteiger partial charge in [0.25, 0.3) is 5.91 Å². The second kappa shape index (κ2) is 9.00. The number of nitrogens with one attached hydrogen (secondary N) is 1. The first kappa shape index (κ1) is 20.7. The van der Waals surface area contributed by atoms with Crippen LogP contribution in [-0.2, 0) is 0 Å². The molecule has 1 atom stereocenters. The lowest BCUT2D eigenvalue weighted by molar-refractivity contribution is 0.0922. The standard InChI is InChI=1S/C24H20N4O2/c1-15-3-4-22(21(7-15)12-26)18-8-19(23-13-27-6-5-17(23)11-25)10-20(9-18)24(30)28-16(2)14-29/h3-10,13,16,29H,14H2,1-2H3,(H,28,30). The highest BCUT2D eigenvalue weighted by Gasteiger charge is 2.16. The third-order valence-corrected chi connectivity index (χ3v) is 4.71. The molecule has 0 radical (unpaired) electrons. The number of hydrogen-bond acceptors (Lipinski definition) is 5. The van der Waals surface area contributed by atoms with E-state index >= 15 is 0 Å². The van der Waals surface area contributed by atoms with Crippen LogP contribution in [0.3, 0.4) is 0 Å². The Morgan fingerprint density at radius 1 is 1.07 bits per heavy atom. The topological polar surface area (TPSA) is 110 Å². The number of nitrogens with zero attached hydrogens (tertiary/aromatic N) is 3. The number of nitriles is 2. The second-order valence-corrected chi connectivity index (χ2v) is 7.05. The molecule has 30 heavy (non-hydrogen) atoms. The van der Waals surface area contributed by atoms with Gasteiger partial charge in [-0.25, -0.2) is 0 Å². The molecule has 1 unspecified atom stereocenters. The largest absolute Gasteiger partial charge is 0.394 e. The van der Waals surface area contributed by atoms with E-state index in [2.05, 4.69) is 22.4 Å². The Morgan fingerprint density at radius 3 is 2.43 bits per heavy atom. The fourth-order valence-electron chi connectivity index (χ4n) is 3.15. The molecule has 6 nitrogen and oxygen atoms in total. The SMILES string of the molecule is Cc1ccc(-c2cc(C(=O)NC(C)CO)cc(-c3cnccc3C#N)c2)c(C#N)c1.